The number of Topliss-reactive ketones (excluding diaryl/α,β-unsaturated/α-hetero) is 1. The van der Waals surface area contributed by atoms with Crippen LogP contribution in [0.15, 0.2) is 72.3 Å². The molecule has 1 N–H and O–H groups in total. The van der Waals surface area contributed by atoms with E-state index in [2.05, 4.69) is 0 Å². The van der Waals surface area contributed by atoms with Gasteiger partial charge in [0.15, 0.2) is 5.78 Å². The molecule has 0 saturated heterocycles. The first-order valence-electron chi connectivity index (χ1n) is 9.39. The van der Waals surface area contributed by atoms with E-state index in [9.17, 15) is 14.7 Å². The first-order chi connectivity index (χ1) is 14.0. The Morgan fingerprint density at radius 2 is 1.72 bits per heavy atom. The maximum absolute atomic E-state index is 13.5. The Morgan fingerprint density at radius 3 is 2.41 bits per heavy atom. The number of allylic oxidation sites excluding steroid dienone is 1. The highest BCUT2D eigenvalue weighted by atomic mass is 16.7. The van der Waals surface area contributed by atoms with Crippen molar-refractivity contribution in [2.75, 3.05) is 7.11 Å². The van der Waals surface area contributed by atoms with Crippen molar-refractivity contribution in [1.29, 1.82) is 0 Å². The average molecular weight is 386 g/mol. The van der Waals surface area contributed by atoms with Crippen molar-refractivity contribution < 1.29 is 24.2 Å². The fourth-order valence-corrected chi connectivity index (χ4v) is 4.38. The van der Waals surface area contributed by atoms with Crippen LogP contribution in [0.1, 0.15) is 33.8 Å². The van der Waals surface area contributed by atoms with Crippen LogP contribution in [0, 0.1) is 0 Å². The summed E-state index contributed by atoms with van der Waals surface area (Å²) < 4.78 is 10.6. The molecule has 3 aromatic rings. The number of ketones is 1. The third kappa shape index (κ3) is 2.51. The molecule has 0 aromatic heterocycles. The fourth-order valence-electron chi connectivity index (χ4n) is 4.38. The van der Waals surface area contributed by atoms with Crippen LogP contribution >= 0.6 is 0 Å². The molecular formula is C24H18O5. The van der Waals surface area contributed by atoms with Gasteiger partial charge < -0.3 is 14.6 Å². The minimum Gasteiger partial charge on any atom is -0.464 e. The lowest BCUT2D eigenvalue weighted by atomic mass is 9.74. The monoisotopic (exact) mass is 386 g/mol. The second-order valence-electron chi connectivity index (χ2n) is 7.33. The Kier molecular flexibility index (Phi) is 3.83. The number of methoxy groups -OCH3 is 1. The van der Waals surface area contributed by atoms with E-state index in [1.165, 1.54) is 7.11 Å². The van der Waals surface area contributed by atoms with Crippen LogP contribution < -0.4 is 0 Å². The SMILES string of the molecule is COC(=O)C1(O)CC(c2ccccc2)C2=C(O1)c1cccc3cccc(c13)C2=O. The second-order valence-corrected chi connectivity index (χ2v) is 7.33. The van der Waals surface area contributed by atoms with Crippen molar-refractivity contribution in [2.24, 2.45) is 0 Å². The summed E-state index contributed by atoms with van der Waals surface area (Å²) in [6.07, 6.45) is -0.105. The van der Waals surface area contributed by atoms with Gasteiger partial charge in [0.2, 0.25) is 0 Å². The van der Waals surface area contributed by atoms with E-state index < -0.39 is 17.7 Å². The Balaban J connectivity index is 1.81. The molecule has 3 aromatic carbocycles. The Bertz CT molecular complexity index is 1190. The van der Waals surface area contributed by atoms with Gasteiger partial charge in [0.25, 0.3) is 0 Å². The molecule has 0 bridgehead atoms. The van der Waals surface area contributed by atoms with Crippen LogP contribution in [-0.2, 0) is 14.3 Å². The lowest BCUT2D eigenvalue weighted by Crippen LogP contribution is -2.47. The third-order valence-electron chi connectivity index (χ3n) is 5.69. The van der Waals surface area contributed by atoms with Crippen molar-refractivity contribution >= 4 is 28.3 Å². The number of benzene rings is 3. The Labute approximate surface area is 167 Å². The summed E-state index contributed by atoms with van der Waals surface area (Å²) >= 11 is 0. The van der Waals surface area contributed by atoms with Crippen LogP contribution in [0.2, 0.25) is 0 Å². The maximum atomic E-state index is 13.5. The van der Waals surface area contributed by atoms with E-state index in [0.29, 0.717) is 16.7 Å². The van der Waals surface area contributed by atoms with Crippen LogP contribution in [0.25, 0.3) is 16.5 Å². The van der Waals surface area contributed by atoms with Gasteiger partial charge in [-0.2, -0.15) is 0 Å². The van der Waals surface area contributed by atoms with Gasteiger partial charge >= 0.3 is 11.8 Å². The average Bonchev–Trinajstić information content (AvgIpc) is 2.76. The number of carbonyl (C=O) groups excluding carboxylic acids is 2. The predicted molar refractivity (Wildman–Crippen MR) is 107 cm³/mol. The van der Waals surface area contributed by atoms with Gasteiger partial charge in [-0.25, -0.2) is 4.79 Å². The fraction of sp³-hybridized carbons (Fsp3) is 0.167. The lowest BCUT2D eigenvalue weighted by molar-refractivity contribution is -0.210. The van der Waals surface area contributed by atoms with E-state index in [-0.39, 0.29) is 18.0 Å². The van der Waals surface area contributed by atoms with Gasteiger partial charge in [-0.3, -0.25) is 4.79 Å². The van der Waals surface area contributed by atoms with E-state index in [1.54, 1.807) is 6.07 Å². The molecule has 2 unspecified atom stereocenters. The first kappa shape index (κ1) is 17.6. The molecule has 2 atom stereocenters. The van der Waals surface area contributed by atoms with Crippen molar-refractivity contribution in [1.82, 2.24) is 0 Å². The second kappa shape index (κ2) is 6.29. The molecule has 29 heavy (non-hydrogen) atoms. The number of ether oxygens (including phenoxy) is 2. The molecule has 0 spiro atoms. The zero-order valence-electron chi connectivity index (χ0n) is 15.7. The van der Waals surface area contributed by atoms with Gasteiger partial charge in [0, 0.05) is 28.9 Å². The molecule has 0 radical (unpaired) electrons. The molecule has 5 nitrogen and oxygen atoms in total. The molecule has 0 amide bonds. The zero-order chi connectivity index (χ0) is 20.2. The number of carbonyl (C=O) groups is 2. The third-order valence-corrected chi connectivity index (χ3v) is 5.69. The van der Waals surface area contributed by atoms with E-state index in [4.69, 9.17) is 9.47 Å². The van der Waals surface area contributed by atoms with Crippen molar-refractivity contribution in [3.63, 3.8) is 0 Å². The molecule has 1 aliphatic heterocycles. The molecule has 1 heterocycles. The summed E-state index contributed by atoms with van der Waals surface area (Å²) in [6, 6.07) is 20.6. The topological polar surface area (TPSA) is 72.8 Å². The standard InChI is InChI=1S/C24H18O5/c1-28-23(26)24(27)13-18(14-7-3-2-4-8-14)20-21(25)16-11-5-9-15-10-6-12-17(19(15)16)22(20)29-24/h2-12,18,27H,13H2,1H3. The number of hydrogen-bond donors (Lipinski definition) is 1. The molecule has 5 heteroatoms. The highest BCUT2D eigenvalue weighted by Crippen LogP contribution is 2.49. The van der Waals surface area contributed by atoms with Gasteiger partial charge in [-0.15, -0.1) is 0 Å². The van der Waals surface area contributed by atoms with Crippen molar-refractivity contribution in [3.05, 3.63) is 89.0 Å². The molecular weight excluding hydrogens is 368 g/mol. The first-order valence-corrected chi connectivity index (χ1v) is 9.39. The van der Waals surface area contributed by atoms with Crippen molar-refractivity contribution in [3.8, 4) is 0 Å². The summed E-state index contributed by atoms with van der Waals surface area (Å²) in [5.74, 6) is -3.48. The Morgan fingerprint density at radius 1 is 1.03 bits per heavy atom. The van der Waals surface area contributed by atoms with Gasteiger partial charge in [0.1, 0.15) is 5.76 Å². The maximum Gasteiger partial charge on any atom is 0.379 e. The summed E-state index contributed by atoms with van der Waals surface area (Å²) in [5.41, 5.74) is 2.57. The number of aliphatic hydroxyl groups is 1. The van der Waals surface area contributed by atoms with Crippen LogP contribution in [0.3, 0.4) is 0 Å². The summed E-state index contributed by atoms with van der Waals surface area (Å²) in [6.45, 7) is 0. The smallest absolute Gasteiger partial charge is 0.379 e. The molecule has 0 saturated carbocycles. The molecule has 2 aliphatic rings. The largest absolute Gasteiger partial charge is 0.464 e. The van der Waals surface area contributed by atoms with Crippen molar-refractivity contribution in [2.45, 2.75) is 18.1 Å². The van der Waals surface area contributed by atoms with Gasteiger partial charge in [-0.05, 0) is 10.9 Å². The minimum absolute atomic E-state index is 0.105. The quantitative estimate of drug-likeness (QED) is 0.678. The summed E-state index contributed by atoms with van der Waals surface area (Å²) in [4.78, 5) is 25.9. The number of rotatable bonds is 2. The molecule has 144 valence electrons. The Hall–Kier alpha value is -3.44. The predicted octanol–water partition coefficient (Wildman–Crippen LogP) is 3.81. The molecule has 0 fully saturated rings. The number of fused-ring (bicyclic) bond motifs is 1. The normalized spacial score (nSPS) is 22.8. The zero-order valence-corrected chi connectivity index (χ0v) is 15.7. The number of esters is 1. The summed E-state index contributed by atoms with van der Waals surface area (Å²) in [5, 5.41) is 12.7. The lowest BCUT2D eigenvalue weighted by Gasteiger charge is -2.39. The molecule has 1 aliphatic carbocycles. The number of hydrogen-bond acceptors (Lipinski definition) is 5. The van der Waals surface area contributed by atoms with Crippen LogP contribution in [0.5, 0.6) is 0 Å². The van der Waals surface area contributed by atoms with Crippen LogP contribution in [-0.4, -0.2) is 29.8 Å². The van der Waals surface area contributed by atoms with Crippen LogP contribution in [0.4, 0.5) is 0 Å². The van der Waals surface area contributed by atoms with E-state index >= 15 is 0 Å². The minimum atomic E-state index is -2.18. The van der Waals surface area contributed by atoms with E-state index in [1.807, 2.05) is 60.7 Å². The highest BCUT2D eigenvalue weighted by molar-refractivity contribution is 6.25. The highest BCUT2D eigenvalue weighted by Gasteiger charge is 2.51. The summed E-state index contributed by atoms with van der Waals surface area (Å²) in [7, 11) is 1.20. The van der Waals surface area contributed by atoms with E-state index in [0.717, 1.165) is 16.3 Å². The van der Waals surface area contributed by atoms with Gasteiger partial charge in [0.05, 0.1) is 12.7 Å². The van der Waals surface area contributed by atoms with Gasteiger partial charge in [-0.1, -0.05) is 66.7 Å². The molecule has 5 rings (SSSR count).